The highest BCUT2D eigenvalue weighted by molar-refractivity contribution is 6.32. The summed E-state index contributed by atoms with van der Waals surface area (Å²) in [6.07, 6.45) is 4.19. The predicted octanol–water partition coefficient (Wildman–Crippen LogP) is 4.62. The molecule has 2 fully saturated rings. The molecule has 1 aliphatic carbocycles. The Morgan fingerprint density at radius 3 is 2.63 bits per heavy atom. The lowest BCUT2D eigenvalue weighted by atomic mass is 9.82. The van der Waals surface area contributed by atoms with Crippen LogP contribution in [0.3, 0.4) is 0 Å². The maximum atomic E-state index is 11.7. The number of carbonyl (C=O) groups excluding carboxylic acids is 1. The van der Waals surface area contributed by atoms with Gasteiger partial charge in [-0.25, -0.2) is 4.79 Å². The second kappa shape index (κ2) is 8.70. The molecule has 0 radical (unpaired) electrons. The van der Waals surface area contributed by atoms with E-state index in [0.717, 1.165) is 48.8 Å². The van der Waals surface area contributed by atoms with Crippen molar-refractivity contribution in [1.82, 2.24) is 10.2 Å². The fraction of sp³-hybridized carbons (Fsp3) is 0.667. The lowest BCUT2D eigenvalue weighted by Gasteiger charge is -2.36. The Kier molecular flexibility index (Phi) is 6.53. The van der Waals surface area contributed by atoms with Gasteiger partial charge in [0.2, 0.25) is 0 Å². The monoisotopic (exact) mass is 394 g/mol. The van der Waals surface area contributed by atoms with Crippen LogP contribution in [0.2, 0.25) is 5.02 Å². The molecule has 1 amide bonds. The van der Waals surface area contributed by atoms with E-state index < -0.39 is 5.60 Å². The average Bonchev–Trinajstić information content (AvgIpc) is 3.04. The number of likely N-dealkylation sites (tertiary alicyclic amines) is 1. The zero-order chi connectivity index (χ0) is 19.4. The SMILES string of the molecule is CC(C)(C)OC(=O)NCC1CC(Oc2cccc(CN3CCCC3)c2Cl)C1. The number of amides is 1. The predicted molar refractivity (Wildman–Crippen MR) is 107 cm³/mol. The number of nitrogens with one attached hydrogen (secondary N) is 1. The Balaban J connectivity index is 1.42. The molecule has 0 bridgehead atoms. The summed E-state index contributed by atoms with van der Waals surface area (Å²) in [5.74, 6) is 1.20. The number of hydrogen-bond acceptors (Lipinski definition) is 4. The minimum Gasteiger partial charge on any atom is -0.489 e. The number of halogens is 1. The minimum absolute atomic E-state index is 0.162. The summed E-state index contributed by atoms with van der Waals surface area (Å²) < 4.78 is 11.4. The molecular weight excluding hydrogens is 364 g/mol. The fourth-order valence-electron chi connectivity index (χ4n) is 3.61. The second-order valence-corrected chi connectivity index (χ2v) is 9.05. The minimum atomic E-state index is -0.466. The van der Waals surface area contributed by atoms with Gasteiger partial charge in [0.05, 0.1) is 11.1 Å². The molecule has 1 heterocycles. The molecule has 2 aliphatic rings. The van der Waals surface area contributed by atoms with E-state index in [9.17, 15) is 4.79 Å². The van der Waals surface area contributed by atoms with Gasteiger partial charge < -0.3 is 14.8 Å². The summed E-state index contributed by atoms with van der Waals surface area (Å²) in [4.78, 5) is 14.2. The number of carbonyl (C=O) groups is 1. The number of rotatable bonds is 6. The van der Waals surface area contributed by atoms with Crippen molar-refractivity contribution in [2.75, 3.05) is 19.6 Å². The average molecular weight is 395 g/mol. The first kappa shape index (κ1) is 20.3. The lowest BCUT2D eigenvalue weighted by molar-refractivity contribution is 0.0415. The number of alkyl carbamates (subject to hydrolysis) is 1. The molecule has 150 valence electrons. The van der Waals surface area contributed by atoms with E-state index in [0.29, 0.717) is 12.5 Å². The smallest absolute Gasteiger partial charge is 0.407 e. The highest BCUT2D eigenvalue weighted by atomic mass is 35.5. The Labute approximate surface area is 167 Å². The zero-order valence-corrected chi connectivity index (χ0v) is 17.3. The molecule has 0 aromatic heterocycles. The summed E-state index contributed by atoms with van der Waals surface area (Å²) in [6, 6.07) is 6.05. The van der Waals surface area contributed by atoms with Gasteiger partial charge in [-0.15, -0.1) is 0 Å². The largest absolute Gasteiger partial charge is 0.489 e. The van der Waals surface area contributed by atoms with Crippen LogP contribution in [0.25, 0.3) is 0 Å². The van der Waals surface area contributed by atoms with Crippen molar-refractivity contribution in [1.29, 1.82) is 0 Å². The second-order valence-electron chi connectivity index (χ2n) is 8.67. The molecular formula is C21H31ClN2O3. The van der Waals surface area contributed by atoms with Gasteiger partial charge in [-0.1, -0.05) is 23.7 Å². The van der Waals surface area contributed by atoms with Gasteiger partial charge in [0.25, 0.3) is 0 Å². The van der Waals surface area contributed by atoms with Crippen LogP contribution in [-0.4, -0.2) is 42.3 Å². The number of hydrogen-bond donors (Lipinski definition) is 1. The Bertz CT molecular complexity index is 647. The Morgan fingerprint density at radius 1 is 1.26 bits per heavy atom. The van der Waals surface area contributed by atoms with Crippen molar-refractivity contribution in [3.05, 3.63) is 28.8 Å². The maximum Gasteiger partial charge on any atom is 0.407 e. The highest BCUT2D eigenvalue weighted by Crippen LogP contribution is 2.36. The summed E-state index contributed by atoms with van der Waals surface area (Å²) in [6.45, 7) is 9.40. The summed E-state index contributed by atoms with van der Waals surface area (Å²) in [5.41, 5.74) is 0.671. The van der Waals surface area contributed by atoms with Gasteiger partial charge in [-0.05, 0) is 77.1 Å². The molecule has 1 aliphatic heterocycles. The van der Waals surface area contributed by atoms with E-state index in [1.807, 2.05) is 32.9 Å². The van der Waals surface area contributed by atoms with Crippen LogP contribution >= 0.6 is 11.6 Å². The van der Waals surface area contributed by atoms with Crippen molar-refractivity contribution in [2.45, 2.75) is 64.7 Å². The lowest BCUT2D eigenvalue weighted by Crippen LogP contribution is -2.42. The van der Waals surface area contributed by atoms with E-state index in [-0.39, 0.29) is 12.2 Å². The first-order valence-corrected chi connectivity index (χ1v) is 10.3. The van der Waals surface area contributed by atoms with E-state index in [4.69, 9.17) is 21.1 Å². The number of nitrogens with zero attached hydrogens (tertiary/aromatic N) is 1. The van der Waals surface area contributed by atoms with Gasteiger partial charge in [0, 0.05) is 13.1 Å². The van der Waals surface area contributed by atoms with Gasteiger partial charge in [-0.3, -0.25) is 4.90 Å². The third kappa shape index (κ3) is 6.01. The molecule has 27 heavy (non-hydrogen) atoms. The van der Waals surface area contributed by atoms with Gasteiger partial charge in [0.15, 0.2) is 0 Å². The molecule has 5 nitrogen and oxygen atoms in total. The summed E-state index contributed by atoms with van der Waals surface area (Å²) >= 11 is 6.59. The van der Waals surface area contributed by atoms with Crippen LogP contribution in [0, 0.1) is 5.92 Å². The molecule has 3 rings (SSSR count). The molecule has 0 unspecified atom stereocenters. The van der Waals surface area contributed by atoms with E-state index in [1.54, 1.807) is 0 Å². The first-order valence-electron chi connectivity index (χ1n) is 9.93. The number of ether oxygens (including phenoxy) is 2. The van der Waals surface area contributed by atoms with E-state index in [2.05, 4.69) is 16.3 Å². The van der Waals surface area contributed by atoms with Crippen molar-refractivity contribution >= 4 is 17.7 Å². The molecule has 1 aromatic rings. The Hall–Kier alpha value is -1.46. The highest BCUT2D eigenvalue weighted by Gasteiger charge is 2.32. The molecule has 1 N–H and O–H groups in total. The Morgan fingerprint density at radius 2 is 1.96 bits per heavy atom. The fourth-order valence-corrected chi connectivity index (χ4v) is 3.84. The van der Waals surface area contributed by atoms with Crippen molar-refractivity contribution in [3.63, 3.8) is 0 Å². The summed E-state index contributed by atoms with van der Waals surface area (Å²) in [7, 11) is 0. The first-order chi connectivity index (χ1) is 12.8. The zero-order valence-electron chi connectivity index (χ0n) is 16.6. The maximum absolute atomic E-state index is 11.7. The van der Waals surface area contributed by atoms with Crippen LogP contribution in [0.15, 0.2) is 18.2 Å². The quantitative estimate of drug-likeness (QED) is 0.764. The van der Waals surface area contributed by atoms with Gasteiger partial charge in [0.1, 0.15) is 11.4 Å². The van der Waals surface area contributed by atoms with Crippen molar-refractivity contribution in [3.8, 4) is 5.75 Å². The molecule has 1 saturated heterocycles. The summed E-state index contributed by atoms with van der Waals surface area (Å²) in [5, 5.41) is 3.57. The molecule has 0 atom stereocenters. The van der Waals surface area contributed by atoms with Gasteiger partial charge in [-0.2, -0.15) is 0 Å². The van der Waals surface area contributed by atoms with Crippen molar-refractivity contribution in [2.24, 2.45) is 5.92 Å². The molecule has 1 saturated carbocycles. The normalized spacial score (nSPS) is 23.0. The third-order valence-corrected chi connectivity index (χ3v) is 5.48. The van der Waals surface area contributed by atoms with Crippen LogP contribution in [0.1, 0.15) is 52.0 Å². The van der Waals surface area contributed by atoms with Crippen molar-refractivity contribution < 1.29 is 14.3 Å². The molecule has 6 heteroatoms. The van der Waals surface area contributed by atoms with Crippen LogP contribution in [0.5, 0.6) is 5.75 Å². The van der Waals surface area contributed by atoms with E-state index in [1.165, 1.54) is 12.8 Å². The van der Waals surface area contributed by atoms with Crippen LogP contribution < -0.4 is 10.1 Å². The van der Waals surface area contributed by atoms with Crippen LogP contribution in [0.4, 0.5) is 4.79 Å². The topological polar surface area (TPSA) is 50.8 Å². The molecule has 1 aromatic carbocycles. The van der Waals surface area contributed by atoms with Gasteiger partial charge >= 0.3 is 6.09 Å². The van der Waals surface area contributed by atoms with Crippen LogP contribution in [-0.2, 0) is 11.3 Å². The number of benzene rings is 1. The third-order valence-electron chi connectivity index (χ3n) is 5.06. The molecule has 0 spiro atoms. The van der Waals surface area contributed by atoms with E-state index >= 15 is 0 Å². The standard InChI is InChI=1S/C21H31ClN2O3/c1-21(2,3)27-20(25)23-13-15-11-17(12-15)26-18-8-6-7-16(19(18)22)14-24-9-4-5-10-24/h6-8,15,17H,4-5,9-14H2,1-3H3,(H,23,25).